The van der Waals surface area contributed by atoms with Gasteiger partial charge < -0.3 is 25.8 Å². The smallest absolute Gasteiger partial charge is 0.404 e. The zero-order valence-electron chi connectivity index (χ0n) is 27.8. The van der Waals surface area contributed by atoms with Crippen LogP contribution in [0.2, 0.25) is 0 Å². The SMILES string of the molecule is O=C(O)NCC1CCC(C(=O)N[C@@H](Cc2ccc(-c3ccccc3S(=O)(=O)N3CCOCC3)cc2)C(=O)Nc2ccc(-c3nn[nH]n3)cc2)CC1. The summed E-state index contributed by atoms with van der Waals surface area (Å²) in [4.78, 5) is 38.4. The van der Waals surface area contributed by atoms with Gasteiger partial charge in [0.25, 0.3) is 0 Å². The summed E-state index contributed by atoms with van der Waals surface area (Å²) in [6.07, 6.45) is 1.70. The molecule has 0 bridgehead atoms. The van der Waals surface area contributed by atoms with Crippen LogP contribution in [0.15, 0.2) is 77.7 Å². The molecule has 0 spiro atoms. The number of morpholine rings is 1. The van der Waals surface area contributed by atoms with Crippen molar-refractivity contribution in [3.8, 4) is 22.5 Å². The minimum absolute atomic E-state index is 0.159. The van der Waals surface area contributed by atoms with Gasteiger partial charge >= 0.3 is 6.09 Å². The number of aromatic nitrogens is 4. The predicted molar refractivity (Wildman–Crippen MR) is 187 cm³/mol. The van der Waals surface area contributed by atoms with Crippen molar-refractivity contribution in [2.24, 2.45) is 11.8 Å². The molecule has 51 heavy (non-hydrogen) atoms. The van der Waals surface area contributed by atoms with Crippen LogP contribution >= 0.6 is 0 Å². The lowest BCUT2D eigenvalue weighted by Crippen LogP contribution is -2.48. The number of rotatable bonds is 12. The first kappa shape index (κ1) is 35.6. The summed E-state index contributed by atoms with van der Waals surface area (Å²) < 4.78 is 33.9. The number of ether oxygens (including phenoxy) is 1. The number of nitrogens with one attached hydrogen (secondary N) is 4. The van der Waals surface area contributed by atoms with Crippen molar-refractivity contribution >= 4 is 33.6 Å². The number of anilines is 1. The molecule has 1 atom stereocenters. The third kappa shape index (κ3) is 8.95. The number of carbonyl (C=O) groups is 3. The highest BCUT2D eigenvalue weighted by Crippen LogP contribution is 2.31. The second-order valence-electron chi connectivity index (χ2n) is 12.7. The largest absolute Gasteiger partial charge is 0.465 e. The average Bonchev–Trinajstić information content (AvgIpc) is 3.70. The molecule has 2 aliphatic rings. The first-order chi connectivity index (χ1) is 24.7. The minimum atomic E-state index is -3.75. The molecule has 0 unspecified atom stereocenters. The number of nitrogens with zero attached hydrogens (tertiary/aromatic N) is 4. The maximum atomic E-state index is 13.7. The molecular formula is C35H40N8O7S. The lowest BCUT2D eigenvalue weighted by molar-refractivity contribution is -0.130. The van der Waals surface area contributed by atoms with Crippen LogP contribution in [0.5, 0.6) is 0 Å². The quantitative estimate of drug-likeness (QED) is 0.145. The van der Waals surface area contributed by atoms with Gasteiger partial charge in [0, 0.05) is 48.8 Å². The predicted octanol–water partition coefficient (Wildman–Crippen LogP) is 3.29. The fourth-order valence-electron chi connectivity index (χ4n) is 6.49. The lowest BCUT2D eigenvalue weighted by Gasteiger charge is -2.29. The van der Waals surface area contributed by atoms with Gasteiger partial charge in [-0.05, 0) is 78.3 Å². The van der Waals surface area contributed by atoms with E-state index >= 15 is 0 Å². The topological polar surface area (TPSA) is 209 Å². The molecule has 6 rings (SSSR count). The summed E-state index contributed by atoms with van der Waals surface area (Å²) in [5.74, 6) is -0.363. The Bertz CT molecular complexity index is 1910. The number of hydrogen-bond donors (Lipinski definition) is 5. The highest BCUT2D eigenvalue weighted by molar-refractivity contribution is 7.89. The summed E-state index contributed by atoms with van der Waals surface area (Å²) in [7, 11) is -3.75. The number of hydrogen-bond acceptors (Lipinski definition) is 9. The van der Waals surface area contributed by atoms with E-state index in [1.807, 2.05) is 24.3 Å². The Morgan fingerprint density at radius 3 is 2.27 bits per heavy atom. The number of sulfonamides is 1. The molecule has 2 fully saturated rings. The number of tetrazole rings is 1. The Morgan fingerprint density at radius 1 is 0.922 bits per heavy atom. The van der Waals surface area contributed by atoms with Gasteiger partial charge in [-0.25, -0.2) is 13.2 Å². The first-order valence-electron chi connectivity index (χ1n) is 16.9. The molecule has 1 aliphatic heterocycles. The summed E-state index contributed by atoms with van der Waals surface area (Å²) in [6.45, 7) is 1.62. The van der Waals surface area contributed by atoms with Crippen molar-refractivity contribution in [3.05, 3.63) is 78.4 Å². The number of carbonyl (C=O) groups excluding carboxylic acids is 2. The monoisotopic (exact) mass is 716 g/mol. The second kappa shape index (κ2) is 16.2. The third-order valence-electron chi connectivity index (χ3n) is 9.33. The van der Waals surface area contributed by atoms with E-state index in [4.69, 9.17) is 9.84 Å². The number of H-pyrrole nitrogens is 1. The van der Waals surface area contributed by atoms with E-state index in [1.54, 1.807) is 48.5 Å². The first-order valence-corrected chi connectivity index (χ1v) is 18.3. The van der Waals surface area contributed by atoms with Gasteiger partial charge in [-0.15, -0.1) is 10.2 Å². The van der Waals surface area contributed by atoms with Gasteiger partial charge in [0.1, 0.15) is 6.04 Å². The zero-order chi connectivity index (χ0) is 35.8. The summed E-state index contributed by atoms with van der Waals surface area (Å²) in [5.41, 5.74) is 3.26. The highest BCUT2D eigenvalue weighted by atomic mass is 32.2. The van der Waals surface area contributed by atoms with E-state index in [-0.39, 0.29) is 42.1 Å². The zero-order valence-corrected chi connectivity index (χ0v) is 28.6. The molecule has 15 nitrogen and oxygen atoms in total. The van der Waals surface area contributed by atoms with E-state index in [1.165, 1.54) is 4.31 Å². The van der Waals surface area contributed by atoms with Crippen molar-refractivity contribution < 1.29 is 32.6 Å². The fourth-order valence-corrected chi connectivity index (χ4v) is 8.11. The van der Waals surface area contributed by atoms with Crippen LogP contribution in [-0.2, 0) is 30.8 Å². The Balaban J connectivity index is 1.18. The Hall–Kier alpha value is -5.19. The van der Waals surface area contributed by atoms with Crippen molar-refractivity contribution in [3.63, 3.8) is 0 Å². The minimum Gasteiger partial charge on any atom is -0.465 e. The van der Waals surface area contributed by atoms with E-state index in [9.17, 15) is 22.8 Å². The standard InChI is InChI=1S/C35H40N8O7S/c44-33(27-11-7-24(8-12-27)22-36-35(46)47)38-30(34(45)37-28-15-13-26(14-16-28)32-39-41-42-40-32)21-23-5-9-25(10-6-23)29-3-1-2-4-31(29)51(48,49)43-17-19-50-20-18-43/h1-6,9-10,13-16,24,27,30,36H,7-8,11-12,17-22H2,(H,37,45)(H,38,44)(H,46,47)(H,39,40,41,42)/t24?,27?,30-/m0/s1. The van der Waals surface area contributed by atoms with Crippen LogP contribution in [0.3, 0.4) is 0 Å². The van der Waals surface area contributed by atoms with Crippen molar-refractivity contribution in [1.29, 1.82) is 0 Å². The van der Waals surface area contributed by atoms with Crippen LogP contribution in [0.25, 0.3) is 22.5 Å². The van der Waals surface area contributed by atoms with Crippen LogP contribution in [-0.4, -0.2) is 95.3 Å². The van der Waals surface area contributed by atoms with Crippen LogP contribution < -0.4 is 16.0 Å². The molecule has 16 heteroatoms. The number of amides is 3. The number of benzene rings is 3. The molecule has 0 radical (unpaired) electrons. The number of aromatic amines is 1. The van der Waals surface area contributed by atoms with Gasteiger partial charge in [0.15, 0.2) is 0 Å². The van der Waals surface area contributed by atoms with Crippen molar-refractivity contribution in [2.45, 2.75) is 43.0 Å². The van der Waals surface area contributed by atoms with E-state index in [0.717, 1.165) is 5.56 Å². The summed E-state index contributed by atoms with van der Waals surface area (Å²) in [5, 5.41) is 31.2. The van der Waals surface area contributed by atoms with Gasteiger partial charge in [0.05, 0.1) is 18.1 Å². The normalized spacial score (nSPS) is 18.7. The Labute approximate surface area is 295 Å². The Kier molecular flexibility index (Phi) is 11.3. The molecule has 268 valence electrons. The molecule has 4 aromatic rings. The molecule has 1 saturated carbocycles. The van der Waals surface area contributed by atoms with Gasteiger partial charge in [0.2, 0.25) is 27.7 Å². The fraction of sp³-hybridized carbons (Fsp3) is 0.371. The van der Waals surface area contributed by atoms with Crippen molar-refractivity contribution in [2.75, 3.05) is 38.2 Å². The second-order valence-corrected chi connectivity index (χ2v) is 14.6. The molecular weight excluding hydrogens is 677 g/mol. The summed E-state index contributed by atoms with van der Waals surface area (Å²) in [6, 6.07) is 20.2. The maximum absolute atomic E-state index is 13.7. The molecule has 3 amide bonds. The lowest BCUT2D eigenvalue weighted by atomic mass is 9.81. The van der Waals surface area contributed by atoms with Gasteiger partial charge in [-0.3, -0.25) is 9.59 Å². The molecule has 5 N–H and O–H groups in total. The van der Waals surface area contributed by atoms with Gasteiger partial charge in [-0.2, -0.15) is 9.52 Å². The van der Waals surface area contributed by atoms with Gasteiger partial charge in [-0.1, -0.05) is 42.5 Å². The van der Waals surface area contributed by atoms with Crippen molar-refractivity contribution in [1.82, 2.24) is 35.6 Å². The molecule has 1 aromatic heterocycles. The summed E-state index contributed by atoms with van der Waals surface area (Å²) >= 11 is 0. The third-order valence-corrected chi connectivity index (χ3v) is 11.3. The highest BCUT2D eigenvalue weighted by Gasteiger charge is 2.31. The molecule has 1 aliphatic carbocycles. The van der Waals surface area contributed by atoms with E-state index < -0.39 is 28.1 Å². The Morgan fingerprint density at radius 2 is 1.61 bits per heavy atom. The van der Waals surface area contributed by atoms with E-state index in [2.05, 4.69) is 36.6 Å². The number of carboxylic acid groups (broad SMARTS) is 1. The average molecular weight is 717 g/mol. The van der Waals surface area contributed by atoms with Crippen LogP contribution in [0, 0.1) is 11.8 Å². The maximum Gasteiger partial charge on any atom is 0.404 e. The van der Waals surface area contributed by atoms with Crippen LogP contribution in [0.4, 0.5) is 10.5 Å². The van der Waals surface area contributed by atoms with E-state index in [0.29, 0.717) is 73.6 Å². The molecule has 1 saturated heterocycles. The molecule has 3 aromatic carbocycles. The van der Waals surface area contributed by atoms with Crippen LogP contribution in [0.1, 0.15) is 31.2 Å². The molecule has 2 heterocycles.